The molecule has 0 unspecified atom stereocenters. The van der Waals surface area contributed by atoms with Crippen molar-refractivity contribution < 1.29 is 12.8 Å². The molecule has 3 nitrogen and oxygen atoms in total. The van der Waals surface area contributed by atoms with Crippen LogP contribution in [0, 0.1) is 5.82 Å². The van der Waals surface area contributed by atoms with Gasteiger partial charge in [0.05, 0.1) is 11.1 Å². The summed E-state index contributed by atoms with van der Waals surface area (Å²) in [6, 6.07) is 4.90. The lowest BCUT2D eigenvalue weighted by Crippen LogP contribution is -1.99. The van der Waals surface area contributed by atoms with Gasteiger partial charge in [0.1, 0.15) is 10.0 Å². The molecule has 0 N–H and O–H groups in total. The fraction of sp³-hybridized carbons (Fsp3) is 0. The molecule has 2 rings (SSSR count). The summed E-state index contributed by atoms with van der Waals surface area (Å²) in [6.45, 7) is 0. The van der Waals surface area contributed by atoms with E-state index in [0.717, 1.165) is 17.4 Å². The van der Waals surface area contributed by atoms with Crippen LogP contribution in [0.2, 0.25) is 0 Å². The second-order valence-electron chi connectivity index (χ2n) is 2.89. The molecule has 0 aliphatic rings. The van der Waals surface area contributed by atoms with Crippen LogP contribution < -0.4 is 0 Å². The van der Waals surface area contributed by atoms with E-state index in [1.165, 1.54) is 24.4 Å². The van der Waals surface area contributed by atoms with Crippen LogP contribution in [0.3, 0.4) is 0 Å². The van der Waals surface area contributed by atoms with E-state index in [4.69, 9.17) is 0 Å². The molecule has 0 saturated carbocycles. The Morgan fingerprint density at radius 2 is 2.12 bits per heavy atom. The molecule has 0 amide bonds. The van der Waals surface area contributed by atoms with Crippen molar-refractivity contribution in [1.82, 2.24) is 4.98 Å². The van der Waals surface area contributed by atoms with Gasteiger partial charge in [0.25, 0.3) is 0 Å². The van der Waals surface area contributed by atoms with Crippen molar-refractivity contribution in [3.8, 4) is 0 Å². The monoisotopic (exact) mass is 321 g/mol. The quantitative estimate of drug-likeness (QED) is 0.854. The van der Waals surface area contributed by atoms with Crippen molar-refractivity contribution in [3.63, 3.8) is 0 Å². The zero-order valence-corrected chi connectivity index (χ0v) is 10.9. The molecule has 0 radical (unpaired) electrons. The van der Waals surface area contributed by atoms with Gasteiger partial charge in [-0.1, -0.05) is 17.4 Å². The lowest BCUT2D eigenvalue weighted by atomic mass is 10.4. The van der Waals surface area contributed by atoms with Crippen molar-refractivity contribution in [2.24, 2.45) is 0 Å². The average molecular weight is 322 g/mol. The molecular formula is C9H5BrFNO2S2. The molecule has 16 heavy (non-hydrogen) atoms. The lowest BCUT2D eigenvalue weighted by molar-refractivity contribution is 0.592. The Bertz CT molecular complexity index is 624. The van der Waals surface area contributed by atoms with Gasteiger partial charge in [0.15, 0.2) is 3.92 Å². The third-order valence-corrected chi connectivity index (χ3v) is 5.52. The zero-order valence-electron chi connectivity index (χ0n) is 7.72. The molecule has 84 valence electrons. The van der Waals surface area contributed by atoms with Gasteiger partial charge in [-0.05, 0) is 34.1 Å². The van der Waals surface area contributed by atoms with E-state index in [9.17, 15) is 12.8 Å². The number of hydrogen-bond donors (Lipinski definition) is 0. The average Bonchev–Trinajstić information content (AvgIpc) is 2.65. The van der Waals surface area contributed by atoms with Crippen molar-refractivity contribution in [1.29, 1.82) is 0 Å². The predicted molar refractivity (Wildman–Crippen MR) is 61.7 cm³/mol. The summed E-state index contributed by atoms with van der Waals surface area (Å²) in [7, 11) is -3.65. The molecule has 0 atom stereocenters. The summed E-state index contributed by atoms with van der Waals surface area (Å²) in [5, 5.41) is 0. The highest BCUT2D eigenvalue weighted by atomic mass is 79.9. The molecule has 1 aromatic heterocycles. The first-order chi connectivity index (χ1) is 7.50. The smallest absolute Gasteiger partial charge is 0.217 e. The van der Waals surface area contributed by atoms with Gasteiger partial charge in [-0.2, -0.15) is 0 Å². The molecule has 2 aromatic rings. The Hall–Kier alpha value is -0.790. The number of sulfone groups is 1. The molecule has 0 aliphatic carbocycles. The van der Waals surface area contributed by atoms with Crippen molar-refractivity contribution >= 4 is 37.1 Å². The molecule has 0 bridgehead atoms. The number of aromatic nitrogens is 1. The molecule has 0 saturated heterocycles. The van der Waals surface area contributed by atoms with Gasteiger partial charge in [-0.3, -0.25) is 0 Å². The van der Waals surface area contributed by atoms with Crippen LogP contribution in [-0.2, 0) is 9.84 Å². The summed E-state index contributed by atoms with van der Waals surface area (Å²) in [5.74, 6) is -0.579. The third-order valence-electron chi connectivity index (χ3n) is 1.83. The van der Waals surface area contributed by atoms with Crippen LogP contribution in [-0.4, -0.2) is 13.4 Å². The van der Waals surface area contributed by atoms with E-state index in [-0.39, 0.29) is 9.10 Å². The Morgan fingerprint density at radius 1 is 1.38 bits per heavy atom. The summed E-state index contributed by atoms with van der Waals surface area (Å²) >= 11 is 4.07. The molecule has 0 aliphatic heterocycles. The minimum Gasteiger partial charge on any atom is -0.236 e. The normalized spacial score (nSPS) is 11.6. The van der Waals surface area contributed by atoms with E-state index in [1.807, 2.05) is 0 Å². The number of nitrogens with zero attached hydrogens (tertiary/aromatic N) is 1. The first-order valence-electron chi connectivity index (χ1n) is 4.12. The first kappa shape index (κ1) is 11.7. The van der Waals surface area contributed by atoms with Crippen LogP contribution in [0.25, 0.3) is 0 Å². The van der Waals surface area contributed by atoms with Crippen molar-refractivity contribution in [2.75, 3.05) is 0 Å². The van der Waals surface area contributed by atoms with Crippen LogP contribution in [0.5, 0.6) is 0 Å². The zero-order chi connectivity index (χ0) is 11.8. The third kappa shape index (κ3) is 2.16. The number of benzene rings is 1. The Labute approximate surface area is 104 Å². The van der Waals surface area contributed by atoms with Gasteiger partial charge in [-0.25, -0.2) is 17.8 Å². The Balaban J connectivity index is 2.55. The topological polar surface area (TPSA) is 47.0 Å². The molecule has 0 spiro atoms. The molecule has 1 heterocycles. The van der Waals surface area contributed by atoms with Crippen LogP contribution >= 0.6 is 27.3 Å². The van der Waals surface area contributed by atoms with Crippen LogP contribution in [0.1, 0.15) is 0 Å². The van der Waals surface area contributed by atoms with Gasteiger partial charge in [0.2, 0.25) is 9.84 Å². The van der Waals surface area contributed by atoms with E-state index in [0.29, 0.717) is 3.92 Å². The minimum absolute atomic E-state index is 0.0661. The SMILES string of the molecule is O=S(=O)(c1cccc(F)c1)c1cnc(Br)s1. The lowest BCUT2D eigenvalue weighted by Gasteiger charge is -2.00. The van der Waals surface area contributed by atoms with Crippen LogP contribution in [0.4, 0.5) is 4.39 Å². The highest BCUT2D eigenvalue weighted by molar-refractivity contribution is 9.11. The molecular weight excluding hydrogens is 317 g/mol. The number of hydrogen-bond acceptors (Lipinski definition) is 4. The van der Waals surface area contributed by atoms with Gasteiger partial charge >= 0.3 is 0 Å². The van der Waals surface area contributed by atoms with Crippen LogP contribution in [0.15, 0.2) is 43.5 Å². The first-order valence-corrected chi connectivity index (χ1v) is 7.21. The highest BCUT2D eigenvalue weighted by Crippen LogP contribution is 2.28. The number of rotatable bonds is 2. The number of thiazole rings is 1. The van der Waals surface area contributed by atoms with E-state index >= 15 is 0 Å². The largest absolute Gasteiger partial charge is 0.236 e. The molecule has 1 aromatic carbocycles. The van der Waals surface area contributed by atoms with Gasteiger partial charge in [0, 0.05) is 0 Å². The summed E-state index contributed by atoms with van der Waals surface area (Å²) in [4.78, 5) is 3.73. The maximum atomic E-state index is 12.9. The maximum Gasteiger partial charge on any atom is 0.217 e. The van der Waals surface area contributed by atoms with E-state index < -0.39 is 15.7 Å². The predicted octanol–water partition coefficient (Wildman–Crippen LogP) is 2.88. The summed E-state index contributed by atoms with van der Waals surface area (Å²) < 4.78 is 37.5. The maximum absolute atomic E-state index is 12.9. The Kier molecular flexibility index (Phi) is 3.09. The Morgan fingerprint density at radius 3 is 2.69 bits per heavy atom. The van der Waals surface area contributed by atoms with E-state index in [2.05, 4.69) is 20.9 Å². The fourth-order valence-corrected chi connectivity index (χ4v) is 4.35. The van der Waals surface area contributed by atoms with Gasteiger partial charge in [-0.15, -0.1) is 0 Å². The second-order valence-corrected chi connectivity index (χ2v) is 7.38. The number of halogens is 2. The standard InChI is InChI=1S/C9H5BrFNO2S2/c10-9-12-5-8(15-9)16(13,14)7-3-1-2-6(11)4-7/h1-5H. The van der Waals surface area contributed by atoms with Crippen molar-refractivity contribution in [2.45, 2.75) is 9.10 Å². The summed E-state index contributed by atoms with van der Waals surface area (Å²) in [6.07, 6.45) is 1.25. The second kappa shape index (κ2) is 4.23. The summed E-state index contributed by atoms with van der Waals surface area (Å²) in [5.41, 5.74) is 0. The van der Waals surface area contributed by atoms with E-state index in [1.54, 1.807) is 0 Å². The highest BCUT2D eigenvalue weighted by Gasteiger charge is 2.20. The molecule has 0 fully saturated rings. The fourth-order valence-electron chi connectivity index (χ4n) is 1.11. The van der Waals surface area contributed by atoms with Gasteiger partial charge < -0.3 is 0 Å². The minimum atomic E-state index is -3.65. The van der Waals surface area contributed by atoms with Crippen molar-refractivity contribution in [3.05, 3.63) is 40.2 Å². The molecule has 7 heteroatoms.